The third-order valence-corrected chi connectivity index (χ3v) is 11.2. The van der Waals surface area contributed by atoms with Crippen LogP contribution in [-0.2, 0) is 0 Å². The molecule has 11 rings (SSSR count). The Bertz CT molecular complexity index is 3240. The van der Waals surface area contributed by atoms with Crippen LogP contribution in [0.15, 0.2) is 211 Å². The smallest absolute Gasteiger partial charge is 0.136 e. The van der Waals surface area contributed by atoms with Crippen molar-refractivity contribution >= 4 is 54.3 Å². The molecule has 1 aromatic heterocycles. The molecule has 0 N–H and O–H groups in total. The van der Waals surface area contributed by atoms with Crippen LogP contribution in [0.1, 0.15) is 0 Å². The summed E-state index contributed by atoms with van der Waals surface area (Å²) < 4.78 is 6.67. The highest BCUT2D eigenvalue weighted by Gasteiger charge is 2.18. The van der Waals surface area contributed by atoms with Gasteiger partial charge >= 0.3 is 0 Å². The monoisotopic (exact) mass is 698 g/mol. The average Bonchev–Trinajstić information content (AvgIpc) is 3.66. The first-order valence-electron chi connectivity index (χ1n) is 18.9. The van der Waals surface area contributed by atoms with Crippen molar-refractivity contribution in [3.05, 3.63) is 206 Å². The maximum atomic E-state index is 6.67. The molecule has 0 radical (unpaired) electrons. The summed E-state index contributed by atoms with van der Waals surface area (Å²) in [5.74, 6) is 0. The molecule has 0 spiro atoms. The van der Waals surface area contributed by atoms with Crippen molar-refractivity contribution in [2.75, 3.05) is 0 Å². The maximum absolute atomic E-state index is 6.67. The van der Waals surface area contributed by atoms with E-state index in [1.165, 1.54) is 76.8 Å². The second-order valence-electron chi connectivity index (χ2n) is 14.5. The molecule has 1 heteroatoms. The lowest BCUT2D eigenvalue weighted by molar-refractivity contribution is 0.669. The molecule has 0 saturated carbocycles. The van der Waals surface area contributed by atoms with E-state index in [4.69, 9.17) is 4.42 Å². The van der Waals surface area contributed by atoms with Gasteiger partial charge in [0.05, 0.1) is 0 Å². The summed E-state index contributed by atoms with van der Waals surface area (Å²) in [5.41, 5.74) is 13.6. The van der Waals surface area contributed by atoms with Gasteiger partial charge < -0.3 is 4.42 Å². The van der Waals surface area contributed by atoms with Gasteiger partial charge in [0, 0.05) is 10.8 Å². The van der Waals surface area contributed by atoms with E-state index in [9.17, 15) is 0 Å². The van der Waals surface area contributed by atoms with Crippen LogP contribution < -0.4 is 0 Å². The number of hydrogen-bond donors (Lipinski definition) is 0. The minimum atomic E-state index is 0.885. The van der Waals surface area contributed by atoms with E-state index in [1.54, 1.807) is 0 Å². The third-order valence-electron chi connectivity index (χ3n) is 11.2. The maximum Gasteiger partial charge on any atom is 0.136 e. The topological polar surface area (TPSA) is 13.1 Å². The minimum absolute atomic E-state index is 0.885. The van der Waals surface area contributed by atoms with Crippen LogP contribution in [0.25, 0.3) is 110 Å². The van der Waals surface area contributed by atoms with Crippen LogP contribution in [0, 0.1) is 0 Å². The summed E-state index contributed by atoms with van der Waals surface area (Å²) in [6.45, 7) is 0. The largest absolute Gasteiger partial charge is 0.456 e. The Morgan fingerprint density at radius 3 is 1.47 bits per heavy atom. The molecule has 0 aliphatic rings. The fourth-order valence-electron chi connectivity index (χ4n) is 8.49. The Balaban J connectivity index is 1.13. The zero-order chi connectivity index (χ0) is 36.3. The lowest BCUT2D eigenvalue weighted by Gasteiger charge is -2.14. The van der Waals surface area contributed by atoms with Gasteiger partial charge in [0.25, 0.3) is 0 Å². The minimum Gasteiger partial charge on any atom is -0.456 e. The average molecular weight is 699 g/mol. The van der Waals surface area contributed by atoms with Crippen LogP contribution in [-0.4, -0.2) is 0 Å². The fourth-order valence-corrected chi connectivity index (χ4v) is 8.49. The van der Waals surface area contributed by atoms with Crippen LogP contribution in [0.4, 0.5) is 0 Å². The van der Waals surface area contributed by atoms with Gasteiger partial charge in [-0.25, -0.2) is 0 Å². The van der Waals surface area contributed by atoms with Gasteiger partial charge in [-0.3, -0.25) is 0 Å². The molecule has 0 atom stereocenters. The number of rotatable bonds is 5. The van der Waals surface area contributed by atoms with E-state index in [2.05, 4.69) is 206 Å². The van der Waals surface area contributed by atoms with Gasteiger partial charge in [0.2, 0.25) is 0 Å². The van der Waals surface area contributed by atoms with Crippen molar-refractivity contribution in [1.82, 2.24) is 0 Å². The van der Waals surface area contributed by atoms with Gasteiger partial charge in [-0.15, -0.1) is 0 Å². The second-order valence-corrected chi connectivity index (χ2v) is 14.5. The van der Waals surface area contributed by atoms with Crippen molar-refractivity contribution in [1.29, 1.82) is 0 Å². The fraction of sp³-hybridized carbons (Fsp3) is 0. The van der Waals surface area contributed by atoms with E-state index >= 15 is 0 Å². The summed E-state index contributed by atoms with van der Waals surface area (Å²) in [7, 11) is 0. The SMILES string of the molecule is c1ccc(-c2ccc(-c3cc(-c4ccc5ccccc5c4)cc(-c4cccc5oc6cccc(-c7ccc8ccc9ccccc9c8c7)c6c45)c3)cc2)cc1. The lowest BCUT2D eigenvalue weighted by Crippen LogP contribution is -1.88. The Hall–Kier alpha value is -7.22. The summed E-state index contributed by atoms with van der Waals surface area (Å²) >= 11 is 0. The Kier molecular flexibility index (Phi) is 7.25. The van der Waals surface area contributed by atoms with Crippen LogP contribution >= 0.6 is 0 Å². The first-order valence-corrected chi connectivity index (χ1v) is 18.9. The first kappa shape index (κ1) is 31.3. The van der Waals surface area contributed by atoms with Crippen LogP contribution in [0.3, 0.4) is 0 Å². The van der Waals surface area contributed by atoms with Crippen molar-refractivity contribution in [2.24, 2.45) is 0 Å². The lowest BCUT2D eigenvalue weighted by atomic mass is 9.89. The van der Waals surface area contributed by atoms with E-state index < -0.39 is 0 Å². The number of hydrogen-bond acceptors (Lipinski definition) is 1. The molecule has 11 aromatic rings. The molecule has 256 valence electrons. The molecule has 0 aliphatic carbocycles. The van der Waals surface area contributed by atoms with Gasteiger partial charge in [-0.05, 0) is 130 Å². The van der Waals surface area contributed by atoms with E-state index in [1.807, 2.05) is 0 Å². The molecular formula is C54H34O. The molecule has 0 bridgehead atoms. The molecule has 1 heterocycles. The molecule has 0 unspecified atom stereocenters. The Morgan fingerprint density at radius 2 is 0.727 bits per heavy atom. The summed E-state index contributed by atoms with van der Waals surface area (Å²) in [6.07, 6.45) is 0. The first-order chi connectivity index (χ1) is 27.2. The molecule has 0 saturated heterocycles. The molecular weight excluding hydrogens is 665 g/mol. The summed E-state index contributed by atoms with van der Waals surface area (Å²) in [5, 5.41) is 9.75. The molecule has 1 nitrogen and oxygen atoms in total. The Morgan fingerprint density at radius 1 is 0.236 bits per heavy atom. The van der Waals surface area contributed by atoms with E-state index in [0.29, 0.717) is 0 Å². The van der Waals surface area contributed by atoms with Gasteiger partial charge in [-0.1, -0.05) is 164 Å². The zero-order valence-electron chi connectivity index (χ0n) is 30.0. The van der Waals surface area contributed by atoms with Gasteiger partial charge in [0.15, 0.2) is 0 Å². The van der Waals surface area contributed by atoms with Crippen molar-refractivity contribution < 1.29 is 4.42 Å². The molecule has 10 aromatic carbocycles. The molecule has 0 aliphatic heterocycles. The third kappa shape index (κ3) is 5.40. The van der Waals surface area contributed by atoms with Gasteiger partial charge in [-0.2, -0.15) is 0 Å². The van der Waals surface area contributed by atoms with Crippen LogP contribution in [0.5, 0.6) is 0 Å². The standard InChI is InChI=1S/C54H34O/c1-2-10-35(11-3-1)37-20-22-38(23-21-37)44-31-45(42-28-24-36-12-4-5-14-41(36)30-42)33-46(32-44)49-17-9-19-52-54(49)53-48(16-8-18-51(53)55-52)43-29-27-40-26-25-39-13-6-7-15-47(39)50(40)34-43/h1-34H. The van der Waals surface area contributed by atoms with Gasteiger partial charge in [0.1, 0.15) is 11.2 Å². The predicted octanol–water partition coefficient (Wildman–Crippen LogP) is 15.4. The summed E-state index contributed by atoms with van der Waals surface area (Å²) in [6, 6.07) is 74.9. The normalized spacial score (nSPS) is 11.6. The highest BCUT2D eigenvalue weighted by Crippen LogP contribution is 2.44. The molecule has 0 amide bonds. The molecule has 55 heavy (non-hydrogen) atoms. The Labute approximate surface area is 319 Å². The molecule has 0 fully saturated rings. The number of fused-ring (bicyclic) bond motifs is 7. The second kappa shape index (κ2) is 12.7. The highest BCUT2D eigenvalue weighted by molar-refractivity contribution is 6.19. The highest BCUT2D eigenvalue weighted by atomic mass is 16.3. The quantitative estimate of drug-likeness (QED) is 0.163. The van der Waals surface area contributed by atoms with Crippen molar-refractivity contribution in [3.8, 4) is 55.6 Å². The van der Waals surface area contributed by atoms with E-state index in [0.717, 1.165) is 33.1 Å². The van der Waals surface area contributed by atoms with Crippen molar-refractivity contribution in [3.63, 3.8) is 0 Å². The number of benzene rings is 10. The van der Waals surface area contributed by atoms with Crippen molar-refractivity contribution in [2.45, 2.75) is 0 Å². The van der Waals surface area contributed by atoms with E-state index in [-0.39, 0.29) is 0 Å². The summed E-state index contributed by atoms with van der Waals surface area (Å²) in [4.78, 5) is 0. The zero-order valence-corrected chi connectivity index (χ0v) is 30.0. The van der Waals surface area contributed by atoms with Crippen LogP contribution in [0.2, 0.25) is 0 Å². The number of furan rings is 1. The predicted molar refractivity (Wildman–Crippen MR) is 233 cm³/mol.